The summed E-state index contributed by atoms with van der Waals surface area (Å²) in [5.74, 6) is 0.875. The quantitative estimate of drug-likeness (QED) is 0.336. The van der Waals surface area contributed by atoms with Crippen molar-refractivity contribution < 1.29 is 24.0 Å². The Balaban J connectivity index is 1.42. The summed E-state index contributed by atoms with van der Waals surface area (Å²) >= 11 is 0. The number of ketones is 2. The standard InChI is InChI=1S/C24H36BNO5/c1-16(2)6-5-11-26-20-9-10-22(30-15-20)14-21(28)13-19-12-18-7-4-8-23(17(3)27)24(18)31-25(19)29/h4,7-8,16,19-20,22,26,29H,5-6,9-15H2,1-3H3/t19-,20?,22?/m1/s1. The number of carbonyl (C=O) groups excluding carboxylic acids is 2. The van der Waals surface area contributed by atoms with Crippen molar-refractivity contribution >= 4 is 18.7 Å². The Kier molecular flexibility index (Phi) is 8.70. The Labute approximate surface area is 186 Å². The van der Waals surface area contributed by atoms with Crippen LogP contribution in [0.1, 0.15) is 75.2 Å². The fourth-order valence-corrected chi connectivity index (χ4v) is 4.51. The van der Waals surface area contributed by atoms with Crippen molar-refractivity contribution in [3.05, 3.63) is 29.3 Å². The maximum absolute atomic E-state index is 12.7. The van der Waals surface area contributed by atoms with E-state index in [4.69, 9.17) is 9.39 Å². The summed E-state index contributed by atoms with van der Waals surface area (Å²) in [5, 5.41) is 14.0. The van der Waals surface area contributed by atoms with Gasteiger partial charge in [-0.3, -0.25) is 9.59 Å². The van der Waals surface area contributed by atoms with E-state index in [-0.39, 0.29) is 29.9 Å². The molecule has 6 nitrogen and oxygen atoms in total. The number of fused-ring (bicyclic) bond motifs is 1. The number of Topliss-reactive ketones (excluding diaryl/α,β-unsaturated/α-hetero) is 2. The lowest BCUT2D eigenvalue weighted by molar-refractivity contribution is -0.123. The molecule has 31 heavy (non-hydrogen) atoms. The summed E-state index contributed by atoms with van der Waals surface area (Å²) < 4.78 is 11.6. The highest BCUT2D eigenvalue weighted by Crippen LogP contribution is 2.36. The zero-order chi connectivity index (χ0) is 22.4. The summed E-state index contributed by atoms with van der Waals surface area (Å²) in [6.07, 6.45) is 5.42. The average Bonchev–Trinajstić information content (AvgIpc) is 2.72. The molecule has 0 saturated carbocycles. The molecule has 2 aliphatic heterocycles. The first-order valence-electron chi connectivity index (χ1n) is 11.7. The zero-order valence-electron chi connectivity index (χ0n) is 19.1. The van der Waals surface area contributed by atoms with Crippen molar-refractivity contribution in [2.45, 2.75) is 83.7 Å². The summed E-state index contributed by atoms with van der Waals surface area (Å²) in [7, 11) is -1.08. The van der Waals surface area contributed by atoms with E-state index in [0.29, 0.717) is 36.8 Å². The number of nitrogens with one attached hydrogen (secondary N) is 1. The van der Waals surface area contributed by atoms with Gasteiger partial charge in [0.15, 0.2) is 5.78 Å². The van der Waals surface area contributed by atoms with Crippen molar-refractivity contribution in [3.63, 3.8) is 0 Å². The van der Waals surface area contributed by atoms with E-state index in [1.165, 1.54) is 19.8 Å². The molecular formula is C24H36BNO5. The highest BCUT2D eigenvalue weighted by atomic mass is 16.5. The van der Waals surface area contributed by atoms with Crippen LogP contribution in [-0.4, -0.2) is 49.0 Å². The second-order valence-electron chi connectivity index (χ2n) is 9.49. The molecule has 0 amide bonds. The summed E-state index contributed by atoms with van der Waals surface area (Å²) in [6.45, 7) is 7.63. The maximum Gasteiger partial charge on any atom is 0.526 e. The molecule has 1 aromatic rings. The first-order chi connectivity index (χ1) is 14.8. The average molecular weight is 429 g/mol. The highest BCUT2D eigenvalue weighted by Gasteiger charge is 2.37. The summed E-state index contributed by atoms with van der Waals surface area (Å²) in [5.41, 5.74) is 1.35. The monoisotopic (exact) mass is 429 g/mol. The van der Waals surface area contributed by atoms with Crippen LogP contribution in [0.5, 0.6) is 5.75 Å². The molecule has 1 saturated heterocycles. The van der Waals surface area contributed by atoms with Gasteiger partial charge in [0.2, 0.25) is 0 Å². The van der Waals surface area contributed by atoms with Crippen LogP contribution in [0.3, 0.4) is 0 Å². The van der Waals surface area contributed by atoms with E-state index >= 15 is 0 Å². The van der Waals surface area contributed by atoms with Crippen molar-refractivity contribution in [1.29, 1.82) is 0 Å². The third-order valence-electron chi connectivity index (χ3n) is 6.31. The van der Waals surface area contributed by atoms with E-state index in [9.17, 15) is 14.6 Å². The van der Waals surface area contributed by atoms with Gasteiger partial charge in [-0.05, 0) is 63.1 Å². The second kappa shape index (κ2) is 11.3. The fourth-order valence-electron chi connectivity index (χ4n) is 4.51. The van der Waals surface area contributed by atoms with E-state index in [1.54, 1.807) is 6.07 Å². The van der Waals surface area contributed by atoms with Crippen LogP contribution in [0.25, 0.3) is 0 Å². The second-order valence-corrected chi connectivity index (χ2v) is 9.49. The predicted molar refractivity (Wildman–Crippen MR) is 122 cm³/mol. The number of benzene rings is 1. The number of rotatable bonds is 10. The van der Waals surface area contributed by atoms with E-state index in [0.717, 1.165) is 30.9 Å². The third-order valence-corrected chi connectivity index (χ3v) is 6.31. The molecule has 2 N–H and O–H groups in total. The van der Waals surface area contributed by atoms with Gasteiger partial charge in [-0.1, -0.05) is 26.0 Å². The lowest BCUT2D eigenvalue weighted by Crippen LogP contribution is -2.41. The molecule has 0 aromatic heterocycles. The summed E-state index contributed by atoms with van der Waals surface area (Å²) in [6, 6.07) is 5.79. The van der Waals surface area contributed by atoms with Crippen LogP contribution in [0.15, 0.2) is 18.2 Å². The van der Waals surface area contributed by atoms with Crippen LogP contribution < -0.4 is 9.97 Å². The van der Waals surface area contributed by atoms with Gasteiger partial charge in [-0.2, -0.15) is 0 Å². The molecule has 2 unspecified atom stereocenters. The first-order valence-corrected chi connectivity index (χ1v) is 11.7. The molecule has 1 fully saturated rings. The van der Waals surface area contributed by atoms with Gasteiger partial charge < -0.3 is 19.7 Å². The van der Waals surface area contributed by atoms with Gasteiger partial charge >= 0.3 is 7.12 Å². The van der Waals surface area contributed by atoms with E-state index < -0.39 is 7.12 Å². The topological polar surface area (TPSA) is 84.9 Å². The van der Waals surface area contributed by atoms with Gasteiger partial charge in [-0.15, -0.1) is 0 Å². The van der Waals surface area contributed by atoms with Crippen LogP contribution in [0, 0.1) is 5.92 Å². The van der Waals surface area contributed by atoms with Crippen molar-refractivity contribution in [3.8, 4) is 5.75 Å². The number of carbonyl (C=O) groups is 2. The molecule has 0 spiro atoms. The maximum atomic E-state index is 12.7. The van der Waals surface area contributed by atoms with Gasteiger partial charge in [0, 0.05) is 24.7 Å². The van der Waals surface area contributed by atoms with Gasteiger partial charge in [0.25, 0.3) is 0 Å². The molecule has 3 rings (SSSR count). The van der Waals surface area contributed by atoms with Gasteiger partial charge in [0.1, 0.15) is 11.5 Å². The molecule has 0 radical (unpaired) electrons. The molecule has 3 atom stereocenters. The number of ether oxygens (including phenoxy) is 1. The molecule has 2 aliphatic rings. The smallest absolute Gasteiger partial charge is 0.526 e. The van der Waals surface area contributed by atoms with Crippen LogP contribution in [0.4, 0.5) is 0 Å². The van der Waals surface area contributed by atoms with Crippen LogP contribution >= 0.6 is 0 Å². The van der Waals surface area contributed by atoms with Crippen molar-refractivity contribution in [2.75, 3.05) is 13.2 Å². The lowest BCUT2D eigenvalue weighted by atomic mass is 9.64. The molecule has 1 aromatic carbocycles. The van der Waals surface area contributed by atoms with E-state index in [2.05, 4.69) is 19.2 Å². The highest BCUT2D eigenvalue weighted by molar-refractivity contribution is 6.47. The summed E-state index contributed by atoms with van der Waals surface area (Å²) in [4.78, 5) is 24.4. The Bertz CT molecular complexity index is 760. The molecule has 170 valence electrons. The minimum Gasteiger partial charge on any atom is -0.535 e. The first kappa shape index (κ1) is 24.0. The van der Waals surface area contributed by atoms with Crippen LogP contribution in [-0.2, 0) is 16.0 Å². The Morgan fingerprint density at radius 1 is 1.26 bits per heavy atom. The molecular weight excluding hydrogens is 393 g/mol. The van der Waals surface area contributed by atoms with Gasteiger partial charge in [0.05, 0.1) is 18.3 Å². The van der Waals surface area contributed by atoms with Crippen molar-refractivity contribution in [2.24, 2.45) is 5.92 Å². The normalized spacial score (nSPS) is 23.4. The predicted octanol–water partition coefficient (Wildman–Crippen LogP) is 3.60. The van der Waals surface area contributed by atoms with Crippen LogP contribution in [0.2, 0.25) is 5.82 Å². The lowest BCUT2D eigenvalue weighted by Gasteiger charge is -2.31. The Morgan fingerprint density at radius 3 is 2.74 bits per heavy atom. The third kappa shape index (κ3) is 6.89. The van der Waals surface area contributed by atoms with E-state index in [1.807, 2.05) is 12.1 Å². The van der Waals surface area contributed by atoms with Crippen molar-refractivity contribution in [1.82, 2.24) is 5.32 Å². The fraction of sp³-hybridized carbons (Fsp3) is 0.667. The molecule has 0 bridgehead atoms. The molecule has 7 heteroatoms. The number of para-hydroxylation sites is 1. The minimum absolute atomic E-state index is 0.0422. The Morgan fingerprint density at radius 2 is 2.06 bits per heavy atom. The van der Waals surface area contributed by atoms with Gasteiger partial charge in [-0.25, -0.2) is 0 Å². The zero-order valence-corrected chi connectivity index (χ0v) is 19.1. The molecule has 2 heterocycles. The SMILES string of the molecule is CC(=O)c1cccc2c1OB(O)[C@@H](CC(=O)CC1CCC(NCCCC(C)C)CO1)C2. The number of hydrogen-bond donors (Lipinski definition) is 2. The Hall–Kier alpha value is -1.70. The molecule has 0 aliphatic carbocycles. The minimum atomic E-state index is -1.08. The largest absolute Gasteiger partial charge is 0.535 e. The number of hydrogen-bond acceptors (Lipinski definition) is 6.